The van der Waals surface area contributed by atoms with Gasteiger partial charge in [-0.15, -0.1) is 0 Å². The quantitative estimate of drug-likeness (QED) is 0.728. The number of benzene rings is 2. The maximum Gasteiger partial charge on any atom is 0.222 e. The Bertz CT molecular complexity index is 982. The van der Waals surface area contributed by atoms with Crippen LogP contribution in [0.1, 0.15) is 11.1 Å². The van der Waals surface area contributed by atoms with Crippen molar-refractivity contribution in [2.24, 2.45) is 0 Å². The van der Waals surface area contributed by atoms with Gasteiger partial charge in [0.2, 0.25) is 5.95 Å². The summed E-state index contributed by atoms with van der Waals surface area (Å²) >= 11 is 0. The molecular formula is C19H17N5O2. The Morgan fingerprint density at radius 2 is 1.88 bits per heavy atom. The summed E-state index contributed by atoms with van der Waals surface area (Å²) in [6.07, 6.45) is 0. The minimum atomic E-state index is -0.000834. The van der Waals surface area contributed by atoms with Gasteiger partial charge in [-0.25, -0.2) is 4.98 Å². The van der Waals surface area contributed by atoms with Gasteiger partial charge in [0.1, 0.15) is 35.6 Å². The third-order valence-corrected chi connectivity index (χ3v) is 3.74. The van der Waals surface area contributed by atoms with E-state index in [9.17, 15) is 5.26 Å². The standard InChI is InChI=1S/C19H17N5O2/c1-25-13-6-4-5-12(9-13)11-26-16-8-3-2-7-14(16)17-15(10-20)18(21)24-19(22)23-17/h2-9H,11H2,1H3,(H4,21,22,23,24). The minimum Gasteiger partial charge on any atom is -0.497 e. The van der Waals surface area contributed by atoms with E-state index in [1.807, 2.05) is 42.5 Å². The summed E-state index contributed by atoms with van der Waals surface area (Å²) in [5.41, 5.74) is 13.6. The molecule has 26 heavy (non-hydrogen) atoms. The number of nitrogens with two attached hydrogens (primary N) is 2. The van der Waals surface area contributed by atoms with E-state index in [0.717, 1.165) is 11.3 Å². The second kappa shape index (κ2) is 7.40. The van der Waals surface area contributed by atoms with Crippen LogP contribution in [0, 0.1) is 11.3 Å². The molecule has 7 heteroatoms. The van der Waals surface area contributed by atoms with Crippen molar-refractivity contribution < 1.29 is 9.47 Å². The summed E-state index contributed by atoms with van der Waals surface area (Å²) in [6.45, 7) is 0.326. The molecule has 0 radical (unpaired) electrons. The average molecular weight is 347 g/mol. The van der Waals surface area contributed by atoms with Gasteiger partial charge in [-0.1, -0.05) is 24.3 Å². The lowest BCUT2D eigenvalue weighted by atomic mass is 10.1. The zero-order valence-corrected chi connectivity index (χ0v) is 14.1. The number of nitrogens with zero attached hydrogens (tertiary/aromatic N) is 3. The van der Waals surface area contributed by atoms with E-state index < -0.39 is 0 Å². The Labute approximate surface area is 150 Å². The normalized spacial score (nSPS) is 10.2. The molecule has 130 valence electrons. The van der Waals surface area contributed by atoms with E-state index in [0.29, 0.717) is 23.6 Å². The molecule has 0 aliphatic rings. The van der Waals surface area contributed by atoms with Crippen molar-refractivity contribution in [1.29, 1.82) is 5.26 Å². The monoisotopic (exact) mass is 347 g/mol. The molecule has 0 unspecified atom stereocenters. The van der Waals surface area contributed by atoms with Crippen molar-refractivity contribution in [3.63, 3.8) is 0 Å². The molecular weight excluding hydrogens is 330 g/mol. The molecule has 0 aliphatic heterocycles. The molecule has 2 aromatic carbocycles. The van der Waals surface area contributed by atoms with Crippen LogP contribution in [-0.2, 0) is 6.61 Å². The number of methoxy groups -OCH3 is 1. The molecule has 0 atom stereocenters. The second-order valence-electron chi connectivity index (χ2n) is 5.44. The maximum absolute atomic E-state index is 9.40. The lowest BCUT2D eigenvalue weighted by Crippen LogP contribution is -2.06. The molecule has 1 heterocycles. The van der Waals surface area contributed by atoms with Crippen LogP contribution in [0.25, 0.3) is 11.3 Å². The molecule has 3 aromatic rings. The average Bonchev–Trinajstić information content (AvgIpc) is 2.66. The number of para-hydroxylation sites is 1. The molecule has 0 bridgehead atoms. The maximum atomic E-state index is 9.40. The van der Waals surface area contributed by atoms with E-state index in [1.165, 1.54) is 0 Å². The Morgan fingerprint density at radius 1 is 1.08 bits per heavy atom. The van der Waals surface area contributed by atoms with Gasteiger partial charge in [0, 0.05) is 5.56 Å². The van der Waals surface area contributed by atoms with Crippen LogP contribution < -0.4 is 20.9 Å². The highest BCUT2D eigenvalue weighted by Gasteiger charge is 2.16. The van der Waals surface area contributed by atoms with Gasteiger partial charge in [-0.05, 0) is 29.8 Å². The number of anilines is 2. The van der Waals surface area contributed by atoms with Crippen LogP contribution in [0.3, 0.4) is 0 Å². The van der Waals surface area contributed by atoms with Gasteiger partial charge in [0.15, 0.2) is 0 Å². The minimum absolute atomic E-state index is 0.000834. The number of hydrogen-bond donors (Lipinski definition) is 2. The van der Waals surface area contributed by atoms with Crippen LogP contribution in [0.2, 0.25) is 0 Å². The first-order chi connectivity index (χ1) is 12.6. The van der Waals surface area contributed by atoms with Crippen molar-refractivity contribution in [3.05, 3.63) is 59.7 Å². The number of rotatable bonds is 5. The van der Waals surface area contributed by atoms with Crippen LogP contribution in [0.15, 0.2) is 48.5 Å². The third kappa shape index (κ3) is 3.49. The Morgan fingerprint density at radius 3 is 2.65 bits per heavy atom. The molecule has 1 aromatic heterocycles. The van der Waals surface area contributed by atoms with E-state index in [4.69, 9.17) is 20.9 Å². The van der Waals surface area contributed by atoms with E-state index in [-0.39, 0.29) is 17.3 Å². The molecule has 0 amide bonds. The van der Waals surface area contributed by atoms with Crippen molar-refractivity contribution in [2.45, 2.75) is 6.61 Å². The zero-order valence-electron chi connectivity index (χ0n) is 14.1. The van der Waals surface area contributed by atoms with Crippen molar-refractivity contribution in [1.82, 2.24) is 9.97 Å². The second-order valence-corrected chi connectivity index (χ2v) is 5.44. The van der Waals surface area contributed by atoms with E-state index in [1.54, 1.807) is 19.2 Å². The number of aromatic nitrogens is 2. The first-order valence-corrected chi connectivity index (χ1v) is 7.80. The van der Waals surface area contributed by atoms with Crippen molar-refractivity contribution in [3.8, 4) is 28.8 Å². The number of hydrogen-bond acceptors (Lipinski definition) is 7. The highest BCUT2D eigenvalue weighted by atomic mass is 16.5. The van der Waals surface area contributed by atoms with Crippen LogP contribution >= 0.6 is 0 Å². The molecule has 7 nitrogen and oxygen atoms in total. The Balaban J connectivity index is 1.96. The van der Waals surface area contributed by atoms with Gasteiger partial charge >= 0.3 is 0 Å². The highest BCUT2D eigenvalue weighted by molar-refractivity contribution is 5.77. The predicted molar refractivity (Wildman–Crippen MR) is 98.3 cm³/mol. The molecule has 0 spiro atoms. The lowest BCUT2D eigenvalue weighted by Gasteiger charge is -2.13. The van der Waals surface area contributed by atoms with Gasteiger partial charge in [-0.2, -0.15) is 10.2 Å². The number of nitriles is 1. The molecule has 0 saturated carbocycles. The zero-order chi connectivity index (χ0) is 18.5. The fourth-order valence-corrected chi connectivity index (χ4v) is 2.51. The van der Waals surface area contributed by atoms with Gasteiger partial charge in [0.05, 0.1) is 12.8 Å². The summed E-state index contributed by atoms with van der Waals surface area (Å²) in [5, 5.41) is 9.40. The molecule has 0 aliphatic carbocycles. The van der Waals surface area contributed by atoms with Crippen molar-refractivity contribution in [2.75, 3.05) is 18.6 Å². The Kier molecular flexibility index (Phi) is 4.85. The van der Waals surface area contributed by atoms with E-state index >= 15 is 0 Å². The summed E-state index contributed by atoms with van der Waals surface area (Å²) in [6, 6.07) is 16.9. The first-order valence-electron chi connectivity index (χ1n) is 7.80. The SMILES string of the molecule is COc1cccc(COc2ccccc2-c2nc(N)nc(N)c2C#N)c1. The smallest absolute Gasteiger partial charge is 0.222 e. The van der Waals surface area contributed by atoms with Crippen molar-refractivity contribution >= 4 is 11.8 Å². The first kappa shape index (κ1) is 17.0. The largest absolute Gasteiger partial charge is 0.497 e. The van der Waals surface area contributed by atoms with Crippen LogP contribution in [0.4, 0.5) is 11.8 Å². The van der Waals surface area contributed by atoms with Gasteiger partial charge in [-0.3, -0.25) is 0 Å². The molecule has 3 rings (SSSR count). The fraction of sp³-hybridized carbons (Fsp3) is 0.105. The topological polar surface area (TPSA) is 120 Å². The molecule has 4 N–H and O–H groups in total. The van der Waals surface area contributed by atoms with Crippen LogP contribution in [-0.4, -0.2) is 17.1 Å². The summed E-state index contributed by atoms with van der Waals surface area (Å²) < 4.78 is 11.2. The number of nitrogen functional groups attached to an aromatic ring is 2. The van der Waals surface area contributed by atoms with Gasteiger partial charge in [0.25, 0.3) is 0 Å². The molecule has 0 fully saturated rings. The number of ether oxygens (including phenoxy) is 2. The lowest BCUT2D eigenvalue weighted by molar-refractivity contribution is 0.306. The molecule has 0 saturated heterocycles. The Hall–Kier alpha value is -3.79. The van der Waals surface area contributed by atoms with E-state index in [2.05, 4.69) is 9.97 Å². The summed E-state index contributed by atoms with van der Waals surface area (Å²) in [5.74, 6) is 1.35. The predicted octanol–water partition coefficient (Wildman–Crippen LogP) is 2.77. The summed E-state index contributed by atoms with van der Waals surface area (Å²) in [4.78, 5) is 8.02. The highest BCUT2D eigenvalue weighted by Crippen LogP contribution is 2.33. The third-order valence-electron chi connectivity index (χ3n) is 3.74. The van der Waals surface area contributed by atoms with Crippen LogP contribution in [0.5, 0.6) is 11.5 Å². The summed E-state index contributed by atoms with van der Waals surface area (Å²) in [7, 11) is 1.61. The fourth-order valence-electron chi connectivity index (χ4n) is 2.51. The van der Waals surface area contributed by atoms with Gasteiger partial charge < -0.3 is 20.9 Å².